The molecule has 1 heterocycles. The summed E-state index contributed by atoms with van der Waals surface area (Å²) in [6.45, 7) is 5.44. The Hall–Kier alpha value is -1.42. The maximum atomic E-state index is 12.3. The molecule has 1 aliphatic rings. The Morgan fingerprint density at radius 1 is 1.42 bits per heavy atom. The first-order valence-electron chi connectivity index (χ1n) is 6.35. The fourth-order valence-corrected chi connectivity index (χ4v) is 3.08. The molecule has 2 atom stereocenters. The summed E-state index contributed by atoms with van der Waals surface area (Å²) in [5.41, 5.74) is -0.571. The Morgan fingerprint density at radius 3 is 2.74 bits per heavy atom. The molecule has 0 aromatic carbocycles. The number of thiophene rings is 1. The molecule has 1 aromatic rings. The first-order chi connectivity index (χ1) is 8.88. The van der Waals surface area contributed by atoms with Crippen LogP contribution in [0.4, 0.5) is 0 Å². The molecule has 1 aliphatic carbocycles. The summed E-state index contributed by atoms with van der Waals surface area (Å²) in [5, 5.41) is 1.96. The molecule has 0 saturated carbocycles. The molecule has 1 aromatic heterocycles. The van der Waals surface area contributed by atoms with E-state index in [4.69, 9.17) is 4.74 Å². The zero-order chi connectivity index (χ0) is 14.0. The maximum Gasteiger partial charge on any atom is 0.318 e. The van der Waals surface area contributed by atoms with Crippen molar-refractivity contribution in [3.63, 3.8) is 0 Å². The molecule has 0 fully saturated rings. The Balaban J connectivity index is 2.25. The molecule has 3 nitrogen and oxygen atoms in total. The number of ketones is 1. The van der Waals surface area contributed by atoms with E-state index in [0.29, 0.717) is 6.42 Å². The number of rotatable bonds is 2. The van der Waals surface area contributed by atoms with Crippen molar-refractivity contribution in [2.24, 2.45) is 5.92 Å². The number of carbonyl (C=O) groups excluding carboxylic acids is 2. The van der Waals surface area contributed by atoms with E-state index in [1.807, 2.05) is 44.4 Å². The number of allylic oxidation sites excluding steroid dienone is 2. The maximum absolute atomic E-state index is 12.3. The van der Waals surface area contributed by atoms with E-state index in [1.165, 1.54) is 6.08 Å². The van der Waals surface area contributed by atoms with Gasteiger partial charge in [0.05, 0.1) is 0 Å². The van der Waals surface area contributed by atoms with Crippen LogP contribution in [0, 0.1) is 5.92 Å². The molecular weight excluding hydrogens is 260 g/mol. The van der Waals surface area contributed by atoms with Crippen molar-refractivity contribution in [3.8, 4) is 0 Å². The quantitative estimate of drug-likeness (QED) is 0.615. The van der Waals surface area contributed by atoms with Gasteiger partial charge in [0.25, 0.3) is 0 Å². The highest BCUT2D eigenvalue weighted by Crippen LogP contribution is 2.36. The van der Waals surface area contributed by atoms with Gasteiger partial charge in [-0.15, -0.1) is 11.3 Å². The zero-order valence-corrected chi connectivity index (χ0v) is 12.2. The van der Waals surface area contributed by atoms with Crippen LogP contribution < -0.4 is 0 Å². The normalized spacial score (nSPS) is 23.4. The summed E-state index contributed by atoms with van der Waals surface area (Å²) in [5.74, 6) is -1.37. The molecule has 0 bridgehead atoms. The van der Waals surface area contributed by atoms with Gasteiger partial charge in [0.2, 0.25) is 0 Å². The van der Waals surface area contributed by atoms with E-state index in [0.717, 1.165) is 4.88 Å². The van der Waals surface area contributed by atoms with Crippen LogP contribution in [0.1, 0.15) is 38.0 Å². The minimum absolute atomic E-state index is 0.0904. The molecule has 19 heavy (non-hydrogen) atoms. The number of esters is 1. The van der Waals surface area contributed by atoms with Gasteiger partial charge in [0.1, 0.15) is 11.5 Å². The molecule has 0 amide bonds. The number of hydrogen-bond donors (Lipinski definition) is 0. The molecular formula is C15H18O3S. The lowest BCUT2D eigenvalue weighted by Gasteiger charge is -2.28. The molecule has 0 aliphatic heterocycles. The predicted octanol–water partition coefficient (Wildman–Crippen LogP) is 3.32. The van der Waals surface area contributed by atoms with Crippen molar-refractivity contribution < 1.29 is 14.3 Å². The third-order valence-electron chi connectivity index (χ3n) is 2.95. The van der Waals surface area contributed by atoms with Crippen LogP contribution >= 0.6 is 11.3 Å². The second-order valence-electron chi connectivity index (χ2n) is 5.67. The summed E-state index contributed by atoms with van der Waals surface area (Å²) in [4.78, 5) is 25.4. The lowest BCUT2D eigenvalue weighted by atomic mass is 9.81. The van der Waals surface area contributed by atoms with Crippen LogP contribution in [0.2, 0.25) is 0 Å². The number of ether oxygens (including phenoxy) is 1. The molecule has 2 rings (SSSR count). The Kier molecular flexibility index (Phi) is 3.90. The van der Waals surface area contributed by atoms with Crippen molar-refractivity contribution in [1.29, 1.82) is 0 Å². The lowest BCUT2D eigenvalue weighted by Crippen LogP contribution is -2.36. The molecule has 0 radical (unpaired) electrons. The van der Waals surface area contributed by atoms with Crippen LogP contribution in [0.25, 0.3) is 0 Å². The summed E-state index contributed by atoms with van der Waals surface area (Å²) in [7, 11) is 0. The highest BCUT2D eigenvalue weighted by molar-refractivity contribution is 7.10. The minimum Gasteiger partial charge on any atom is -0.459 e. The van der Waals surface area contributed by atoms with Gasteiger partial charge in [-0.25, -0.2) is 0 Å². The average molecular weight is 278 g/mol. The summed E-state index contributed by atoms with van der Waals surface area (Å²) in [6.07, 6.45) is 4.04. The van der Waals surface area contributed by atoms with Crippen LogP contribution in [0.5, 0.6) is 0 Å². The van der Waals surface area contributed by atoms with E-state index in [2.05, 4.69) is 0 Å². The fraction of sp³-hybridized carbons (Fsp3) is 0.467. The van der Waals surface area contributed by atoms with Gasteiger partial charge in [-0.2, -0.15) is 0 Å². The van der Waals surface area contributed by atoms with Crippen LogP contribution in [-0.2, 0) is 14.3 Å². The minimum atomic E-state index is -0.706. The van der Waals surface area contributed by atoms with E-state index >= 15 is 0 Å². The van der Waals surface area contributed by atoms with Crippen LogP contribution in [0.15, 0.2) is 29.7 Å². The number of hydrogen-bond acceptors (Lipinski definition) is 4. The monoisotopic (exact) mass is 278 g/mol. The first-order valence-corrected chi connectivity index (χ1v) is 7.23. The van der Waals surface area contributed by atoms with Gasteiger partial charge in [0.15, 0.2) is 5.78 Å². The standard InChI is InChI=1S/C15H18O3S/c1-15(2,3)18-14(17)13-10(6-4-7-11(13)16)12-8-5-9-19-12/h4-5,7-10,13H,6H2,1-3H3/t10-,13-/m0/s1. The Labute approximate surface area is 117 Å². The van der Waals surface area contributed by atoms with Crippen LogP contribution in [-0.4, -0.2) is 17.4 Å². The number of carbonyl (C=O) groups is 2. The van der Waals surface area contributed by atoms with Crippen LogP contribution in [0.3, 0.4) is 0 Å². The van der Waals surface area contributed by atoms with E-state index in [-0.39, 0.29) is 11.7 Å². The van der Waals surface area contributed by atoms with Gasteiger partial charge in [0, 0.05) is 10.8 Å². The Morgan fingerprint density at radius 2 is 2.16 bits per heavy atom. The molecule has 102 valence electrons. The topological polar surface area (TPSA) is 43.4 Å². The van der Waals surface area contributed by atoms with Crippen molar-refractivity contribution in [2.75, 3.05) is 0 Å². The zero-order valence-electron chi connectivity index (χ0n) is 11.4. The van der Waals surface area contributed by atoms with E-state index in [9.17, 15) is 9.59 Å². The highest BCUT2D eigenvalue weighted by Gasteiger charge is 2.39. The van der Waals surface area contributed by atoms with Gasteiger partial charge in [-0.1, -0.05) is 12.1 Å². The van der Waals surface area contributed by atoms with Crippen molar-refractivity contribution >= 4 is 23.1 Å². The highest BCUT2D eigenvalue weighted by atomic mass is 32.1. The molecule has 4 heteroatoms. The third-order valence-corrected chi connectivity index (χ3v) is 3.95. The molecule has 0 saturated heterocycles. The lowest BCUT2D eigenvalue weighted by molar-refractivity contribution is -0.162. The third kappa shape index (κ3) is 3.32. The average Bonchev–Trinajstić information content (AvgIpc) is 2.79. The second kappa shape index (κ2) is 5.29. The van der Waals surface area contributed by atoms with Gasteiger partial charge in [-0.05, 0) is 44.7 Å². The smallest absolute Gasteiger partial charge is 0.318 e. The summed E-state index contributed by atoms with van der Waals surface area (Å²) in [6, 6.07) is 3.91. The summed E-state index contributed by atoms with van der Waals surface area (Å²) >= 11 is 1.58. The van der Waals surface area contributed by atoms with Crippen molar-refractivity contribution in [2.45, 2.75) is 38.7 Å². The molecule has 0 spiro atoms. The summed E-state index contributed by atoms with van der Waals surface area (Å²) < 4.78 is 5.39. The fourth-order valence-electron chi connectivity index (χ4n) is 2.20. The molecule has 0 N–H and O–H groups in total. The second-order valence-corrected chi connectivity index (χ2v) is 6.65. The predicted molar refractivity (Wildman–Crippen MR) is 75.2 cm³/mol. The molecule has 0 unspecified atom stereocenters. The largest absolute Gasteiger partial charge is 0.459 e. The van der Waals surface area contributed by atoms with E-state index in [1.54, 1.807) is 11.3 Å². The van der Waals surface area contributed by atoms with Crippen molar-refractivity contribution in [1.82, 2.24) is 0 Å². The van der Waals surface area contributed by atoms with Gasteiger partial charge in [-0.3, -0.25) is 9.59 Å². The van der Waals surface area contributed by atoms with Gasteiger partial charge < -0.3 is 4.74 Å². The van der Waals surface area contributed by atoms with Gasteiger partial charge >= 0.3 is 5.97 Å². The van der Waals surface area contributed by atoms with E-state index < -0.39 is 17.5 Å². The SMILES string of the molecule is CC(C)(C)OC(=O)[C@@H]1C(=O)C=CC[C@H]1c1cccs1. The van der Waals surface area contributed by atoms with Crippen molar-refractivity contribution in [3.05, 3.63) is 34.5 Å². The first kappa shape index (κ1) is 14.0. The Bertz CT molecular complexity index is 494.